The van der Waals surface area contributed by atoms with Crippen LogP contribution in [0.25, 0.3) is 0 Å². The Balaban J connectivity index is 1.68. The summed E-state index contributed by atoms with van der Waals surface area (Å²) >= 11 is 0. The Kier molecular flexibility index (Phi) is 4.71. The normalized spacial score (nSPS) is 19.7. The summed E-state index contributed by atoms with van der Waals surface area (Å²) in [4.78, 5) is 28.5. The minimum atomic E-state index is -0.0767. The number of nitrogens with zero attached hydrogens (tertiary/aromatic N) is 4. The monoisotopic (exact) mass is 314 g/mol. The van der Waals surface area contributed by atoms with E-state index in [1.807, 2.05) is 42.3 Å². The van der Waals surface area contributed by atoms with E-state index in [4.69, 9.17) is 0 Å². The molecule has 23 heavy (non-hydrogen) atoms. The van der Waals surface area contributed by atoms with Crippen LogP contribution in [0.3, 0.4) is 0 Å². The number of piperazine rings is 1. The third-order valence-electron chi connectivity index (χ3n) is 4.35. The Morgan fingerprint density at radius 1 is 1.09 bits per heavy atom. The molecule has 0 N–H and O–H groups in total. The lowest BCUT2D eigenvalue weighted by molar-refractivity contribution is -0.141. The van der Waals surface area contributed by atoms with Crippen molar-refractivity contribution < 1.29 is 9.59 Å². The fourth-order valence-electron chi connectivity index (χ4n) is 2.85. The number of likely N-dealkylation sites (N-methyl/N-ethyl adjacent to an activating group) is 1. The molecule has 2 aliphatic heterocycles. The number of carbonyl (C=O) groups is 2. The molecule has 2 heterocycles. The zero-order valence-electron chi connectivity index (χ0n) is 13.4. The van der Waals surface area contributed by atoms with Gasteiger partial charge in [0.2, 0.25) is 11.8 Å². The van der Waals surface area contributed by atoms with Crippen molar-refractivity contribution in [2.45, 2.75) is 12.8 Å². The molecule has 0 saturated carbocycles. The lowest BCUT2D eigenvalue weighted by Gasteiger charge is -2.33. The lowest BCUT2D eigenvalue weighted by atomic mass is 10.0. The largest absolute Gasteiger partial charge is 0.339 e. The Morgan fingerprint density at radius 3 is 2.48 bits per heavy atom. The maximum atomic E-state index is 12.4. The Hall–Kier alpha value is -2.21. The molecule has 1 saturated heterocycles. The Morgan fingerprint density at radius 2 is 1.78 bits per heavy atom. The van der Waals surface area contributed by atoms with E-state index < -0.39 is 0 Å². The molecule has 0 unspecified atom stereocenters. The van der Waals surface area contributed by atoms with Gasteiger partial charge in [-0.1, -0.05) is 30.3 Å². The van der Waals surface area contributed by atoms with E-state index in [0.717, 1.165) is 24.4 Å². The number of hydrazone groups is 1. The summed E-state index contributed by atoms with van der Waals surface area (Å²) in [5.41, 5.74) is 1.88. The van der Waals surface area contributed by atoms with Crippen LogP contribution in [0.4, 0.5) is 0 Å². The summed E-state index contributed by atoms with van der Waals surface area (Å²) in [6, 6.07) is 9.82. The minimum absolute atomic E-state index is 0.0236. The van der Waals surface area contributed by atoms with E-state index in [1.54, 1.807) is 0 Å². The van der Waals surface area contributed by atoms with Crippen LogP contribution in [-0.4, -0.2) is 72.1 Å². The van der Waals surface area contributed by atoms with E-state index >= 15 is 0 Å². The van der Waals surface area contributed by atoms with Crippen LogP contribution in [0.5, 0.6) is 0 Å². The van der Waals surface area contributed by atoms with Crippen LogP contribution in [0.1, 0.15) is 18.4 Å². The first kappa shape index (κ1) is 15.7. The van der Waals surface area contributed by atoms with Gasteiger partial charge >= 0.3 is 0 Å². The second kappa shape index (κ2) is 6.91. The maximum Gasteiger partial charge on any atom is 0.244 e. The van der Waals surface area contributed by atoms with Crippen molar-refractivity contribution in [1.82, 2.24) is 14.8 Å². The first-order valence-corrected chi connectivity index (χ1v) is 8.03. The summed E-state index contributed by atoms with van der Waals surface area (Å²) < 4.78 is 0. The van der Waals surface area contributed by atoms with Gasteiger partial charge in [-0.25, -0.2) is 5.01 Å². The third kappa shape index (κ3) is 3.76. The van der Waals surface area contributed by atoms with Gasteiger partial charge in [-0.3, -0.25) is 9.59 Å². The van der Waals surface area contributed by atoms with Gasteiger partial charge in [0.05, 0.1) is 5.71 Å². The summed E-state index contributed by atoms with van der Waals surface area (Å²) in [5.74, 6) is -0.100. The highest BCUT2D eigenvalue weighted by molar-refractivity contribution is 6.04. The summed E-state index contributed by atoms with van der Waals surface area (Å²) in [6.07, 6.45) is 1.03. The van der Waals surface area contributed by atoms with Gasteiger partial charge in [0.1, 0.15) is 6.54 Å². The second-order valence-corrected chi connectivity index (χ2v) is 6.05. The summed E-state index contributed by atoms with van der Waals surface area (Å²) in [5, 5.41) is 5.77. The van der Waals surface area contributed by atoms with Crippen molar-refractivity contribution in [2.24, 2.45) is 5.10 Å². The number of carbonyl (C=O) groups excluding carboxylic acids is 2. The summed E-state index contributed by atoms with van der Waals surface area (Å²) in [6.45, 7) is 3.22. The molecule has 1 fully saturated rings. The molecular weight excluding hydrogens is 292 g/mol. The van der Waals surface area contributed by atoms with Crippen LogP contribution in [0, 0.1) is 0 Å². The predicted molar refractivity (Wildman–Crippen MR) is 88.0 cm³/mol. The molecule has 0 spiro atoms. The molecule has 6 heteroatoms. The predicted octanol–water partition coefficient (Wildman–Crippen LogP) is 0.787. The van der Waals surface area contributed by atoms with Gasteiger partial charge in [-0.05, 0) is 12.6 Å². The molecular formula is C17H22N4O2. The average Bonchev–Trinajstić information content (AvgIpc) is 2.58. The minimum Gasteiger partial charge on any atom is -0.339 e. The molecule has 2 amide bonds. The van der Waals surface area contributed by atoms with Crippen LogP contribution < -0.4 is 0 Å². The van der Waals surface area contributed by atoms with Crippen LogP contribution >= 0.6 is 0 Å². The molecule has 2 aliphatic rings. The molecule has 1 aromatic carbocycles. The van der Waals surface area contributed by atoms with Crippen LogP contribution in [0.15, 0.2) is 35.4 Å². The third-order valence-corrected chi connectivity index (χ3v) is 4.35. The van der Waals surface area contributed by atoms with Crippen LogP contribution in [-0.2, 0) is 9.59 Å². The van der Waals surface area contributed by atoms with Crippen molar-refractivity contribution in [1.29, 1.82) is 0 Å². The smallest absolute Gasteiger partial charge is 0.244 e. The molecule has 1 aromatic rings. The number of rotatable bonds is 3. The molecule has 122 valence electrons. The Bertz CT molecular complexity index is 606. The van der Waals surface area contributed by atoms with E-state index in [2.05, 4.69) is 10.0 Å². The van der Waals surface area contributed by atoms with Crippen molar-refractivity contribution in [3.05, 3.63) is 35.9 Å². The van der Waals surface area contributed by atoms with Gasteiger partial charge in [0.15, 0.2) is 0 Å². The first-order valence-electron chi connectivity index (χ1n) is 8.03. The molecule has 0 aromatic heterocycles. The zero-order valence-corrected chi connectivity index (χ0v) is 13.4. The van der Waals surface area contributed by atoms with Gasteiger partial charge in [0.25, 0.3) is 0 Å². The van der Waals surface area contributed by atoms with Crippen molar-refractivity contribution >= 4 is 17.5 Å². The van der Waals surface area contributed by atoms with Crippen molar-refractivity contribution in [3.8, 4) is 0 Å². The zero-order chi connectivity index (χ0) is 16.2. The van der Waals surface area contributed by atoms with E-state index in [9.17, 15) is 9.59 Å². The van der Waals surface area contributed by atoms with E-state index in [0.29, 0.717) is 25.9 Å². The molecule has 0 atom stereocenters. The second-order valence-electron chi connectivity index (χ2n) is 6.05. The van der Waals surface area contributed by atoms with E-state index in [1.165, 1.54) is 5.01 Å². The first-order chi connectivity index (χ1) is 11.1. The van der Waals surface area contributed by atoms with Crippen molar-refractivity contribution in [3.63, 3.8) is 0 Å². The van der Waals surface area contributed by atoms with Gasteiger partial charge in [-0.15, -0.1) is 0 Å². The quantitative estimate of drug-likeness (QED) is 0.829. The maximum absolute atomic E-state index is 12.4. The Labute approximate surface area is 136 Å². The lowest BCUT2D eigenvalue weighted by Crippen LogP contribution is -2.50. The topological polar surface area (TPSA) is 56.2 Å². The van der Waals surface area contributed by atoms with Gasteiger partial charge in [0, 0.05) is 39.0 Å². The average molecular weight is 314 g/mol. The van der Waals surface area contributed by atoms with Crippen LogP contribution in [0.2, 0.25) is 0 Å². The summed E-state index contributed by atoms with van der Waals surface area (Å²) in [7, 11) is 2.05. The molecule has 0 aliphatic carbocycles. The van der Waals surface area contributed by atoms with Gasteiger partial charge < -0.3 is 9.80 Å². The molecule has 3 rings (SSSR count). The highest BCUT2D eigenvalue weighted by atomic mass is 16.2. The fraction of sp³-hybridized carbons (Fsp3) is 0.471. The van der Waals surface area contributed by atoms with E-state index in [-0.39, 0.29) is 18.4 Å². The SMILES string of the molecule is CN1CCN(C(=O)CN2N=C(c3ccccc3)CCC2=O)CC1. The molecule has 6 nitrogen and oxygen atoms in total. The number of hydrogen-bond donors (Lipinski definition) is 0. The molecule has 0 radical (unpaired) electrons. The molecule has 0 bridgehead atoms. The number of amides is 2. The number of hydrogen-bond acceptors (Lipinski definition) is 4. The fourth-order valence-corrected chi connectivity index (χ4v) is 2.85. The highest BCUT2D eigenvalue weighted by Crippen LogP contribution is 2.15. The van der Waals surface area contributed by atoms with Crippen molar-refractivity contribution in [2.75, 3.05) is 39.8 Å². The standard InChI is InChI=1S/C17H22N4O2/c1-19-9-11-20(12-10-19)17(23)13-21-16(22)8-7-15(18-21)14-5-3-2-4-6-14/h2-6H,7-13H2,1H3. The highest BCUT2D eigenvalue weighted by Gasteiger charge is 2.26. The van der Waals surface area contributed by atoms with Gasteiger partial charge in [-0.2, -0.15) is 5.10 Å². The number of benzene rings is 1.